The Kier molecular flexibility index (Phi) is 2.98. The van der Waals surface area contributed by atoms with E-state index in [1.54, 1.807) is 6.07 Å². The Morgan fingerprint density at radius 1 is 1.16 bits per heavy atom. The Morgan fingerprint density at radius 3 is 2.74 bits per heavy atom. The fourth-order valence-corrected chi connectivity index (χ4v) is 3.14. The van der Waals surface area contributed by atoms with Crippen molar-refractivity contribution in [1.82, 2.24) is 0 Å². The molecular formula is C18H17F. The third-order valence-corrected chi connectivity index (χ3v) is 4.00. The quantitative estimate of drug-likeness (QED) is 0.676. The van der Waals surface area contributed by atoms with Crippen LogP contribution in [0, 0.1) is 5.82 Å². The highest BCUT2D eigenvalue weighted by Gasteiger charge is 2.25. The van der Waals surface area contributed by atoms with Gasteiger partial charge in [0.2, 0.25) is 0 Å². The van der Waals surface area contributed by atoms with Gasteiger partial charge in [-0.25, -0.2) is 4.39 Å². The van der Waals surface area contributed by atoms with Crippen molar-refractivity contribution in [3.63, 3.8) is 0 Å². The largest absolute Gasteiger partial charge is 0.207 e. The van der Waals surface area contributed by atoms with Crippen molar-refractivity contribution < 1.29 is 4.39 Å². The SMILES string of the molecule is C/C=C\c1cccc2c1Cc1cccc(F)c1C2C. The zero-order valence-electron chi connectivity index (χ0n) is 11.3. The summed E-state index contributed by atoms with van der Waals surface area (Å²) in [7, 11) is 0. The molecule has 1 aliphatic carbocycles. The zero-order valence-corrected chi connectivity index (χ0v) is 11.3. The molecule has 0 amide bonds. The van der Waals surface area contributed by atoms with Crippen molar-refractivity contribution >= 4 is 6.08 Å². The molecule has 1 atom stereocenters. The lowest BCUT2D eigenvalue weighted by atomic mass is 9.77. The monoisotopic (exact) mass is 252 g/mol. The van der Waals surface area contributed by atoms with Crippen molar-refractivity contribution in [1.29, 1.82) is 0 Å². The molecule has 0 bridgehead atoms. The molecule has 1 unspecified atom stereocenters. The van der Waals surface area contributed by atoms with Crippen molar-refractivity contribution in [2.24, 2.45) is 0 Å². The van der Waals surface area contributed by atoms with Crippen LogP contribution in [0.25, 0.3) is 6.08 Å². The van der Waals surface area contributed by atoms with E-state index in [2.05, 4.69) is 37.3 Å². The minimum atomic E-state index is -0.0768. The fraction of sp³-hybridized carbons (Fsp3) is 0.222. The highest BCUT2D eigenvalue weighted by Crippen LogP contribution is 2.39. The molecule has 0 saturated carbocycles. The summed E-state index contributed by atoms with van der Waals surface area (Å²) in [6.45, 7) is 4.12. The minimum Gasteiger partial charge on any atom is -0.207 e. The lowest BCUT2D eigenvalue weighted by Gasteiger charge is -2.27. The molecular weight excluding hydrogens is 235 g/mol. The number of benzene rings is 2. The van der Waals surface area contributed by atoms with Crippen LogP contribution in [0.1, 0.15) is 47.6 Å². The summed E-state index contributed by atoms with van der Waals surface area (Å²) in [5, 5.41) is 0. The van der Waals surface area contributed by atoms with Crippen molar-refractivity contribution in [2.45, 2.75) is 26.2 Å². The van der Waals surface area contributed by atoms with Crippen LogP contribution < -0.4 is 0 Å². The molecule has 19 heavy (non-hydrogen) atoms. The maximum atomic E-state index is 14.1. The van der Waals surface area contributed by atoms with Gasteiger partial charge in [-0.05, 0) is 47.2 Å². The van der Waals surface area contributed by atoms with Gasteiger partial charge in [-0.15, -0.1) is 0 Å². The zero-order chi connectivity index (χ0) is 13.4. The molecule has 2 aromatic carbocycles. The highest BCUT2D eigenvalue weighted by atomic mass is 19.1. The first-order valence-electron chi connectivity index (χ1n) is 6.74. The van der Waals surface area contributed by atoms with Crippen LogP contribution in [-0.4, -0.2) is 0 Å². The molecule has 1 aliphatic rings. The predicted octanol–water partition coefficient (Wildman–Crippen LogP) is 4.91. The molecule has 0 saturated heterocycles. The van der Waals surface area contributed by atoms with Gasteiger partial charge in [0.15, 0.2) is 0 Å². The second-order valence-corrected chi connectivity index (χ2v) is 5.13. The maximum Gasteiger partial charge on any atom is 0.127 e. The summed E-state index contributed by atoms with van der Waals surface area (Å²) < 4.78 is 14.1. The first kappa shape index (κ1) is 12.2. The molecule has 2 aromatic rings. The topological polar surface area (TPSA) is 0 Å². The smallest absolute Gasteiger partial charge is 0.127 e. The third-order valence-electron chi connectivity index (χ3n) is 4.00. The van der Waals surface area contributed by atoms with E-state index in [0.29, 0.717) is 0 Å². The molecule has 0 nitrogen and oxygen atoms in total. The molecule has 0 aromatic heterocycles. The van der Waals surface area contributed by atoms with Crippen LogP contribution >= 0.6 is 0 Å². The summed E-state index contributed by atoms with van der Waals surface area (Å²) in [6, 6.07) is 11.7. The van der Waals surface area contributed by atoms with Crippen molar-refractivity contribution in [2.75, 3.05) is 0 Å². The maximum absolute atomic E-state index is 14.1. The second-order valence-electron chi connectivity index (χ2n) is 5.13. The van der Waals surface area contributed by atoms with Gasteiger partial charge in [0, 0.05) is 5.92 Å². The second kappa shape index (κ2) is 4.65. The van der Waals surface area contributed by atoms with Crippen LogP contribution in [0.15, 0.2) is 42.5 Å². The number of halogens is 1. The van der Waals surface area contributed by atoms with E-state index < -0.39 is 0 Å². The molecule has 0 heterocycles. The molecule has 1 heteroatoms. The van der Waals surface area contributed by atoms with Crippen LogP contribution in [0.5, 0.6) is 0 Å². The summed E-state index contributed by atoms with van der Waals surface area (Å²) >= 11 is 0. The van der Waals surface area contributed by atoms with Gasteiger partial charge in [-0.1, -0.05) is 49.4 Å². The summed E-state index contributed by atoms with van der Waals surface area (Å²) in [4.78, 5) is 0. The van der Waals surface area contributed by atoms with Crippen LogP contribution in [-0.2, 0) is 6.42 Å². The molecule has 0 radical (unpaired) electrons. The van der Waals surface area contributed by atoms with Gasteiger partial charge < -0.3 is 0 Å². The summed E-state index contributed by atoms with van der Waals surface area (Å²) in [5.41, 5.74) is 5.84. The Labute approximate surface area is 113 Å². The number of hydrogen-bond acceptors (Lipinski definition) is 0. The Hall–Kier alpha value is -1.89. The van der Waals surface area contributed by atoms with E-state index in [4.69, 9.17) is 0 Å². The molecule has 3 rings (SSSR count). The number of rotatable bonds is 1. The number of fused-ring (bicyclic) bond motifs is 2. The van der Waals surface area contributed by atoms with Gasteiger partial charge in [0.25, 0.3) is 0 Å². The Balaban J connectivity index is 2.21. The fourth-order valence-electron chi connectivity index (χ4n) is 3.14. The normalized spacial score (nSPS) is 17.3. The molecule has 0 N–H and O–H groups in total. The molecule has 0 spiro atoms. The van der Waals surface area contributed by atoms with E-state index in [-0.39, 0.29) is 11.7 Å². The standard InChI is InChI=1S/C18H17F/c1-3-6-13-7-4-9-15-12(2)18-14(11-16(13)15)8-5-10-17(18)19/h3-10,12H,11H2,1-2H3/b6-3-. The lowest BCUT2D eigenvalue weighted by Crippen LogP contribution is -2.14. The summed E-state index contributed by atoms with van der Waals surface area (Å²) in [6.07, 6.45) is 5.02. The average molecular weight is 252 g/mol. The third kappa shape index (κ3) is 1.90. The molecule has 0 aliphatic heterocycles. The van der Waals surface area contributed by atoms with Crippen molar-refractivity contribution in [3.8, 4) is 0 Å². The number of hydrogen-bond donors (Lipinski definition) is 0. The van der Waals surface area contributed by atoms with Gasteiger partial charge >= 0.3 is 0 Å². The Morgan fingerprint density at radius 2 is 1.95 bits per heavy atom. The predicted molar refractivity (Wildman–Crippen MR) is 77.9 cm³/mol. The van der Waals surface area contributed by atoms with E-state index in [9.17, 15) is 4.39 Å². The van der Waals surface area contributed by atoms with E-state index in [1.807, 2.05) is 19.1 Å². The highest BCUT2D eigenvalue weighted by molar-refractivity contribution is 5.61. The van der Waals surface area contributed by atoms with E-state index in [1.165, 1.54) is 16.7 Å². The minimum absolute atomic E-state index is 0.0768. The average Bonchev–Trinajstić information content (AvgIpc) is 2.40. The van der Waals surface area contributed by atoms with E-state index >= 15 is 0 Å². The molecule has 0 fully saturated rings. The Bertz CT molecular complexity index is 653. The molecule has 96 valence electrons. The summed E-state index contributed by atoms with van der Waals surface area (Å²) in [5.74, 6) is 0.0530. The van der Waals surface area contributed by atoms with Crippen molar-refractivity contribution in [3.05, 3.63) is 76.1 Å². The van der Waals surface area contributed by atoms with Gasteiger partial charge in [-0.3, -0.25) is 0 Å². The van der Waals surface area contributed by atoms with Gasteiger partial charge in [0.05, 0.1) is 0 Å². The lowest BCUT2D eigenvalue weighted by molar-refractivity contribution is 0.595. The van der Waals surface area contributed by atoms with Crippen LogP contribution in [0.4, 0.5) is 4.39 Å². The van der Waals surface area contributed by atoms with Gasteiger partial charge in [0.1, 0.15) is 5.82 Å². The van der Waals surface area contributed by atoms with Crippen LogP contribution in [0.3, 0.4) is 0 Å². The number of allylic oxidation sites excluding steroid dienone is 1. The first-order valence-corrected chi connectivity index (χ1v) is 6.74. The van der Waals surface area contributed by atoms with Gasteiger partial charge in [-0.2, -0.15) is 0 Å². The van der Waals surface area contributed by atoms with E-state index in [0.717, 1.165) is 17.5 Å². The first-order chi connectivity index (χ1) is 9.22. The van der Waals surface area contributed by atoms with Crippen LogP contribution in [0.2, 0.25) is 0 Å².